The van der Waals surface area contributed by atoms with Crippen LogP contribution in [0.5, 0.6) is 0 Å². The Kier molecular flexibility index (Phi) is 4.46. The molecule has 0 aliphatic carbocycles. The predicted octanol–water partition coefficient (Wildman–Crippen LogP) is 2.54. The van der Waals surface area contributed by atoms with Gasteiger partial charge < -0.3 is 10.7 Å². The van der Waals surface area contributed by atoms with Gasteiger partial charge in [0.05, 0.1) is 15.7 Å². The number of halogens is 2. The zero-order valence-corrected chi connectivity index (χ0v) is 12.7. The van der Waals surface area contributed by atoms with E-state index in [2.05, 4.69) is 52.6 Å². The molecule has 0 bridgehead atoms. The molecule has 0 fully saturated rings. The molecular weight excluding hydrogens is 378 g/mol. The van der Waals surface area contributed by atoms with Gasteiger partial charge in [0.25, 0.3) is 5.91 Å². The lowest BCUT2D eigenvalue weighted by atomic mass is 10.2. The number of carbonyl (C=O) groups is 1. The Morgan fingerprint density at radius 3 is 2.79 bits per heavy atom. The molecule has 2 heterocycles. The van der Waals surface area contributed by atoms with Gasteiger partial charge in [-0.15, -0.1) is 0 Å². The molecule has 0 atom stereocenters. The van der Waals surface area contributed by atoms with Crippen molar-refractivity contribution in [3.8, 4) is 0 Å². The number of hydrogen-bond donors (Lipinski definition) is 3. The molecule has 0 saturated heterocycles. The number of aromatic nitrogens is 2. The molecule has 2 rings (SSSR count). The number of rotatable bonds is 3. The number of nitrogens with one attached hydrogen (secondary N) is 2. The molecule has 0 spiro atoms. The van der Waals surface area contributed by atoms with E-state index in [4.69, 9.17) is 5.84 Å². The molecular formula is C11H9Br2N5O. The van der Waals surface area contributed by atoms with Crippen LogP contribution < -0.4 is 16.6 Å². The highest BCUT2D eigenvalue weighted by Crippen LogP contribution is 2.23. The smallest absolute Gasteiger partial charge is 0.259 e. The third-order valence-corrected chi connectivity index (χ3v) is 3.32. The Morgan fingerprint density at radius 2 is 2.11 bits per heavy atom. The van der Waals surface area contributed by atoms with Crippen molar-refractivity contribution in [3.05, 3.63) is 45.2 Å². The van der Waals surface area contributed by atoms with Crippen LogP contribution in [0.3, 0.4) is 0 Å². The van der Waals surface area contributed by atoms with Gasteiger partial charge in [0.1, 0.15) is 0 Å². The lowest BCUT2D eigenvalue weighted by molar-refractivity contribution is 0.102. The van der Waals surface area contributed by atoms with Gasteiger partial charge in [-0.05, 0) is 44.0 Å². The van der Waals surface area contributed by atoms with Crippen LogP contribution in [-0.4, -0.2) is 15.9 Å². The summed E-state index contributed by atoms with van der Waals surface area (Å²) in [5.74, 6) is 5.31. The van der Waals surface area contributed by atoms with E-state index in [-0.39, 0.29) is 5.91 Å². The Hall–Kier alpha value is -1.51. The summed E-state index contributed by atoms with van der Waals surface area (Å²) in [6.45, 7) is 0. The number of pyridine rings is 2. The van der Waals surface area contributed by atoms with Crippen LogP contribution in [0.2, 0.25) is 0 Å². The predicted molar refractivity (Wildman–Crippen MR) is 79.6 cm³/mol. The van der Waals surface area contributed by atoms with Gasteiger partial charge in [0.15, 0.2) is 5.82 Å². The highest BCUT2D eigenvalue weighted by atomic mass is 79.9. The summed E-state index contributed by atoms with van der Waals surface area (Å²) >= 11 is 6.57. The van der Waals surface area contributed by atoms with E-state index >= 15 is 0 Å². The molecule has 98 valence electrons. The van der Waals surface area contributed by atoms with Crippen molar-refractivity contribution in [3.63, 3.8) is 0 Å². The average molecular weight is 387 g/mol. The first kappa shape index (κ1) is 13.9. The van der Waals surface area contributed by atoms with Gasteiger partial charge in [-0.1, -0.05) is 0 Å². The van der Waals surface area contributed by atoms with Crippen LogP contribution >= 0.6 is 31.9 Å². The van der Waals surface area contributed by atoms with Crippen molar-refractivity contribution in [2.45, 2.75) is 0 Å². The van der Waals surface area contributed by atoms with Crippen molar-refractivity contribution in [2.75, 3.05) is 10.7 Å². The number of carbonyl (C=O) groups excluding carboxylic acids is 1. The fraction of sp³-hybridized carbons (Fsp3) is 0. The topological polar surface area (TPSA) is 92.9 Å². The molecule has 0 radical (unpaired) electrons. The fourth-order valence-electron chi connectivity index (χ4n) is 1.39. The molecule has 0 aromatic carbocycles. The summed E-state index contributed by atoms with van der Waals surface area (Å²) in [6, 6.07) is 3.32. The summed E-state index contributed by atoms with van der Waals surface area (Å²) in [7, 11) is 0. The van der Waals surface area contributed by atoms with Crippen LogP contribution in [0.15, 0.2) is 39.7 Å². The van der Waals surface area contributed by atoms with Crippen molar-refractivity contribution in [2.24, 2.45) is 5.84 Å². The summed E-state index contributed by atoms with van der Waals surface area (Å²) in [5.41, 5.74) is 3.33. The number of amides is 1. The number of nitrogens with zero attached hydrogens (tertiary/aromatic N) is 2. The molecule has 1 amide bonds. The molecule has 0 aliphatic rings. The second kappa shape index (κ2) is 6.09. The molecule has 0 aliphatic heterocycles. The van der Waals surface area contributed by atoms with E-state index in [1.807, 2.05) is 0 Å². The molecule has 2 aromatic rings. The lowest BCUT2D eigenvalue weighted by Gasteiger charge is -2.10. The summed E-state index contributed by atoms with van der Waals surface area (Å²) < 4.78 is 1.37. The first-order chi connectivity index (χ1) is 9.11. The third kappa shape index (κ3) is 3.28. The minimum absolute atomic E-state index is 0.297. The Morgan fingerprint density at radius 1 is 1.32 bits per heavy atom. The van der Waals surface area contributed by atoms with Crippen molar-refractivity contribution >= 4 is 49.3 Å². The zero-order chi connectivity index (χ0) is 13.8. The number of hydrogen-bond acceptors (Lipinski definition) is 5. The second-order valence-corrected chi connectivity index (χ2v) is 5.27. The third-order valence-electron chi connectivity index (χ3n) is 2.26. The molecule has 19 heavy (non-hydrogen) atoms. The van der Waals surface area contributed by atoms with Crippen LogP contribution in [0.25, 0.3) is 0 Å². The average Bonchev–Trinajstić information content (AvgIpc) is 2.41. The highest BCUT2D eigenvalue weighted by molar-refractivity contribution is 9.10. The first-order valence-corrected chi connectivity index (χ1v) is 6.73. The van der Waals surface area contributed by atoms with Gasteiger partial charge >= 0.3 is 0 Å². The van der Waals surface area contributed by atoms with Crippen LogP contribution in [0.1, 0.15) is 10.4 Å². The Labute approximate surface area is 126 Å². The Bertz CT molecular complexity index is 620. The van der Waals surface area contributed by atoms with Crippen LogP contribution in [-0.2, 0) is 0 Å². The quantitative estimate of drug-likeness (QED) is 0.556. The van der Waals surface area contributed by atoms with Crippen molar-refractivity contribution in [1.82, 2.24) is 9.97 Å². The van der Waals surface area contributed by atoms with E-state index in [1.165, 1.54) is 0 Å². The second-order valence-electron chi connectivity index (χ2n) is 3.50. The van der Waals surface area contributed by atoms with Gasteiger partial charge in [0.2, 0.25) is 0 Å². The standard InChI is InChI=1S/C11H9Br2N5O/c12-6-3-7(10(18-14)16-4-6)11(19)17-9-1-2-15-5-8(9)13/h1-5H,14H2,(H,16,18)(H,15,17,19). The molecule has 6 nitrogen and oxygen atoms in total. The molecule has 8 heteroatoms. The van der Waals surface area contributed by atoms with Crippen LogP contribution in [0.4, 0.5) is 11.5 Å². The van der Waals surface area contributed by atoms with Gasteiger partial charge in [0, 0.05) is 23.1 Å². The van der Waals surface area contributed by atoms with E-state index in [1.54, 1.807) is 30.7 Å². The minimum Gasteiger partial charge on any atom is -0.321 e. The number of nitrogen functional groups attached to an aromatic ring is 1. The largest absolute Gasteiger partial charge is 0.321 e. The Balaban J connectivity index is 2.30. The summed E-state index contributed by atoms with van der Waals surface area (Å²) in [6.07, 6.45) is 4.73. The first-order valence-electron chi connectivity index (χ1n) is 5.15. The molecule has 0 unspecified atom stereocenters. The summed E-state index contributed by atoms with van der Waals surface area (Å²) in [5, 5.41) is 2.75. The summed E-state index contributed by atoms with van der Waals surface area (Å²) in [4.78, 5) is 20.1. The highest BCUT2D eigenvalue weighted by Gasteiger charge is 2.14. The van der Waals surface area contributed by atoms with Crippen LogP contribution in [0, 0.1) is 0 Å². The fourth-order valence-corrected chi connectivity index (χ4v) is 2.07. The molecule has 4 N–H and O–H groups in total. The number of nitrogens with two attached hydrogens (primary N) is 1. The maximum atomic E-state index is 12.2. The van der Waals surface area contributed by atoms with E-state index in [0.717, 1.165) is 0 Å². The number of anilines is 2. The van der Waals surface area contributed by atoms with Gasteiger partial charge in [-0.2, -0.15) is 0 Å². The lowest BCUT2D eigenvalue weighted by Crippen LogP contribution is -2.18. The van der Waals surface area contributed by atoms with Crippen molar-refractivity contribution < 1.29 is 4.79 Å². The maximum absolute atomic E-state index is 12.2. The SMILES string of the molecule is NNc1ncc(Br)cc1C(=O)Nc1ccncc1Br. The monoisotopic (exact) mass is 385 g/mol. The van der Waals surface area contributed by atoms with E-state index in [0.29, 0.717) is 26.0 Å². The minimum atomic E-state index is -0.325. The van der Waals surface area contributed by atoms with E-state index in [9.17, 15) is 4.79 Å². The van der Waals surface area contributed by atoms with Gasteiger partial charge in [-0.3, -0.25) is 9.78 Å². The number of hydrazine groups is 1. The van der Waals surface area contributed by atoms with E-state index < -0.39 is 0 Å². The maximum Gasteiger partial charge on any atom is 0.259 e. The zero-order valence-electron chi connectivity index (χ0n) is 9.52. The van der Waals surface area contributed by atoms with Gasteiger partial charge in [-0.25, -0.2) is 10.8 Å². The molecule has 2 aromatic heterocycles. The molecule has 0 saturated carbocycles. The van der Waals surface area contributed by atoms with Crippen molar-refractivity contribution in [1.29, 1.82) is 0 Å². The normalized spacial score (nSPS) is 10.1.